The summed E-state index contributed by atoms with van der Waals surface area (Å²) >= 11 is 0. The van der Waals surface area contributed by atoms with Gasteiger partial charge in [-0.05, 0) is 80.1 Å². The van der Waals surface area contributed by atoms with Crippen molar-refractivity contribution in [3.63, 3.8) is 0 Å². The molecular weight excluding hydrogens is 467 g/mol. The summed E-state index contributed by atoms with van der Waals surface area (Å²) in [5.41, 5.74) is 9.26. The topological polar surface area (TPSA) is 17.1 Å². The van der Waals surface area contributed by atoms with Crippen LogP contribution in [0.5, 0.6) is 0 Å². The molecule has 0 saturated heterocycles. The van der Waals surface area contributed by atoms with Crippen LogP contribution in [0.1, 0.15) is 0 Å². The number of rotatable bonds is 3. The Balaban J connectivity index is 1.37. The van der Waals surface area contributed by atoms with Crippen LogP contribution in [-0.4, -0.2) is 6.66 Å². The minimum Gasteiger partial charge on any atom is -0.314 e. The molecule has 1 atom stereocenters. The van der Waals surface area contributed by atoms with Crippen LogP contribution in [0.15, 0.2) is 133 Å². The largest absolute Gasteiger partial charge is 0.314 e. The first-order valence-corrected chi connectivity index (χ1v) is 14.8. The molecule has 37 heavy (non-hydrogen) atoms. The molecule has 0 spiro atoms. The molecule has 0 N–H and O–H groups in total. The lowest BCUT2D eigenvalue weighted by atomic mass is 9.91. The molecule has 0 fully saturated rings. The lowest BCUT2D eigenvalue weighted by Crippen LogP contribution is -2.08. The van der Waals surface area contributed by atoms with Gasteiger partial charge in [0.15, 0.2) is 0 Å². The Morgan fingerprint density at radius 3 is 1.89 bits per heavy atom. The molecule has 1 nitrogen and oxygen atoms in total. The average molecular weight is 493 g/mol. The molecule has 0 aliphatic carbocycles. The van der Waals surface area contributed by atoms with Crippen molar-refractivity contribution in [2.24, 2.45) is 0 Å². The third-order valence-corrected chi connectivity index (χ3v) is 10.2. The maximum Gasteiger partial charge on any atom is 0.141 e. The van der Waals surface area contributed by atoms with E-state index in [1.54, 1.807) is 0 Å². The molecule has 1 unspecified atom stereocenters. The van der Waals surface area contributed by atoms with Gasteiger partial charge in [0.05, 0.1) is 0 Å². The Hall–Kier alpha value is -4.19. The zero-order chi connectivity index (χ0) is 25.0. The van der Waals surface area contributed by atoms with E-state index in [9.17, 15) is 4.57 Å². The molecule has 1 heterocycles. The summed E-state index contributed by atoms with van der Waals surface area (Å²) in [6.07, 6.45) is 0. The van der Waals surface area contributed by atoms with E-state index in [0.717, 1.165) is 32.9 Å². The van der Waals surface area contributed by atoms with Crippen LogP contribution in [0.4, 0.5) is 0 Å². The Labute approximate surface area is 217 Å². The second-order valence-electron chi connectivity index (χ2n) is 9.86. The SMILES string of the molecule is CP1(=O)c2ccccc2-c2ccc(-c3cc(-c4ccc(-c5ccccc5)cc4)c4ccccc4c3)cc21. The highest BCUT2D eigenvalue weighted by Gasteiger charge is 2.34. The summed E-state index contributed by atoms with van der Waals surface area (Å²) in [7, 11) is -2.62. The van der Waals surface area contributed by atoms with Crippen LogP contribution in [0, 0.1) is 0 Å². The summed E-state index contributed by atoms with van der Waals surface area (Å²) in [4.78, 5) is 0. The van der Waals surface area contributed by atoms with E-state index in [0.29, 0.717) is 0 Å². The fourth-order valence-electron chi connectivity index (χ4n) is 5.68. The van der Waals surface area contributed by atoms with Gasteiger partial charge in [-0.2, -0.15) is 0 Å². The van der Waals surface area contributed by atoms with Gasteiger partial charge in [0, 0.05) is 10.6 Å². The fraction of sp³-hybridized carbons (Fsp3) is 0.0286. The van der Waals surface area contributed by atoms with E-state index >= 15 is 0 Å². The second kappa shape index (κ2) is 8.44. The predicted molar refractivity (Wildman–Crippen MR) is 158 cm³/mol. The lowest BCUT2D eigenvalue weighted by molar-refractivity contribution is 0.591. The fourth-order valence-corrected chi connectivity index (χ4v) is 8.01. The molecule has 0 aromatic heterocycles. The summed E-state index contributed by atoms with van der Waals surface area (Å²) in [6.45, 7) is 1.90. The molecule has 2 heteroatoms. The van der Waals surface area contributed by atoms with Crippen molar-refractivity contribution in [3.05, 3.63) is 133 Å². The van der Waals surface area contributed by atoms with Gasteiger partial charge in [-0.25, -0.2) is 0 Å². The van der Waals surface area contributed by atoms with Gasteiger partial charge < -0.3 is 4.57 Å². The lowest BCUT2D eigenvalue weighted by Gasteiger charge is -2.14. The number of hydrogen-bond donors (Lipinski definition) is 0. The first-order valence-electron chi connectivity index (χ1n) is 12.6. The van der Waals surface area contributed by atoms with Crippen molar-refractivity contribution in [3.8, 4) is 44.5 Å². The van der Waals surface area contributed by atoms with Crippen LogP contribution < -0.4 is 10.6 Å². The Bertz CT molecular complexity index is 1850. The van der Waals surface area contributed by atoms with Gasteiger partial charge >= 0.3 is 0 Å². The summed E-state index contributed by atoms with van der Waals surface area (Å²) in [5.74, 6) is 0. The van der Waals surface area contributed by atoms with Gasteiger partial charge in [-0.1, -0.05) is 115 Å². The van der Waals surface area contributed by atoms with E-state index in [-0.39, 0.29) is 0 Å². The van der Waals surface area contributed by atoms with Gasteiger partial charge in [-0.15, -0.1) is 0 Å². The van der Waals surface area contributed by atoms with Crippen molar-refractivity contribution >= 4 is 28.5 Å². The Morgan fingerprint density at radius 1 is 0.432 bits per heavy atom. The molecule has 0 bridgehead atoms. The van der Waals surface area contributed by atoms with Crippen LogP contribution in [0.3, 0.4) is 0 Å². The van der Waals surface area contributed by atoms with Gasteiger partial charge in [0.25, 0.3) is 0 Å². The van der Waals surface area contributed by atoms with E-state index in [2.05, 4.69) is 109 Å². The van der Waals surface area contributed by atoms with Gasteiger partial charge in [0.2, 0.25) is 0 Å². The van der Waals surface area contributed by atoms with E-state index < -0.39 is 7.14 Å². The second-order valence-corrected chi connectivity index (χ2v) is 12.7. The van der Waals surface area contributed by atoms with Crippen molar-refractivity contribution < 1.29 is 4.57 Å². The summed E-state index contributed by atoms with van der Waals surface area (Å²) in [6, 6.07) is 47.0. The predicted octanol–water partition coefficient (Wildman–Crippen LogP) is 8.76. The van der Waals surface area contributed by atoms with Crippen molar-refractivity contribution in [1.82, 2.24) is 0 Å². The van der Waals surface area contributed by atoms with E-state index in [4.69, 9.17) is 0 Å². The molecule has 0 amide bonds. The van der Waals surface area contributed by atoms with Crippen molar-refractivity contribution in [2.45, 2.75) is 0 Å². The van der Waals surface area contributed by atoms with Gasteiger partial charge in [-0.3, -0.25) is 0 Å². The standard InChI is InChI=1S/C35H25OP/c1-37(36)34-14-8-7-13-31(34)32-20-19-27(23-35(32)37)29-21-28-11-5-6-12-30(28)33(22-29)26-17-15-25(16-18-26)24-9-3-2-4-10-24/h2-23H,1H3. The number of fused-ring (bicyclic) bond motifs is 4. The maximum atomic E-state index is 13.9. The molecule has 6 aromatic carbocycles. The van der Waals surface area contributed by atoms with Crippen LogP contribution in [0.25, 0.3) is 55.3 Å². The van der Waals surface area contributed by atoms with E-state index in [1.807, 2.05) is 30.9 Å². The Morgan fingerprint density at radius 2 is 1.05 bits per heavy atom. The van der Waals surface area contributed by atoms with Crippen LogP contribution in [-0.2, 0) is 4.57 Å². The normalized spacial score (nSPS) is 15.9. The molecular formula is C35H25OP. The zero-order valence-corrected chi connectivity index (χ0v) is 21.5. The summed E-state index contributed by atoms with van der Waals surface area (Å²) in [5, 5.41) is 4.37. The highest BCUT2D eigenvalue weighted by molar-refractivity contribution is 7.79. The molecule has 0 radical (unpaired) electrons. The highest BCUT2D eigenvalue weighted by Crippen LogP contribution is 2.50. The monoisotopic (exact) mass is 492 g/mol. The molecule has 7 rings (SSSR count). The zero-order valence-electron chi connectivity index (χ0n) is 20.6. The third-order valence-electron chi connectivity index (χ3n) is 7.61. The number of hydrogen-bond acceptors (Lipinski definition) is 1. The van der Waals surface area contributed by atoms with Crippen molar-refractivity contribution in [2.75, 3.05) is 6.66 Å². The van der Waals surface area contributed by atoms with Crippen LogP contribution in [0.2, 0.25) is 0 Å². The van der Waals surface area contributed by atoms with Crippen LogP contribution >= 0.6 is 7.14 Å². The maximum absolute atomic E-state index is 13.9. The number of benzene rings is 6. The highest BCUT2D eigenvalue weighted by atomic mass is 31.2. The molecule has 6 aromatic rings. The molecule has 176 valence electrons. The minimum absolute atomic E-state index is 0.966. The Kier molecular flexibility index (Phi) is 5.03. The first kappa shape index (κ1) is 22.0. The average Bonchev–Trinajstić information content (AvgIpc) is 3.19. The molecule has 1 aliphatic heterocycles. The minimum atomic E-state index is -2.62. The smallest absolute Gasteiger partial charge is 0.141 e. The first-order chi connectivity index (χ1) is 18.1. The van der Waals surface area contributed by atoms with Gasteiger partial charge in [0.1, 0.15) is 7.14 Å². The van der Waals surface area contributed by atoms with E-state index in [1.165, 1.54) is 33.0 Å². The quantitative estimate of drug-likeness (QED) is 0.226. The molecule has 0 saturated carbocycles. The summed E-state index contributed by atoms with van der Waals surface area (Å²) < 4.78 is 13.9. The third kappa shape index (κ3) is 3.58. The van der Waals surface area contributed by atoms with Crippen molar-refractivity contribution in [1.29, 1.82) is 0 Å². The molecule has 1 aliphatic rings.